The van der Waals surface area contributed by atoms with Crippen LogP contribution < -0.4 is 9.64 Å². The normalized spacial score (nSPS) is 19.0. The number of aromatic amines is 1. The van der Waals surface area contributed by atoms with Crippen LogP contribution in [0.25, 0.3) is 17.2 Å². The van der Waals surface area contributed by atoms with Gasteiger partial charge in [-0.25, -0.2) is 19.5 Å². The van der Waals surface area contributed by atoms with Gasteiger partial charge >= 0.3 is 0 Å². The molecule has 1 aromatic carbocycles. The number of anilines is 1. The van der Waals surface area contributed by atoms with Crippen molar-refractivity contribution in [2.24, 2.45) is 0 Å². The molecule has 2 aromatic heterocycles. The average molecular weight is 375 g/mol. The van der Waals surface area contributed by atoms with Gasteiger partial charge in [-0.1, -0.05) is 12.1 Å². The van der Waals surface area contributed by atoms with Gasteiger partial charge in [0, 0.05) is 30.7 Å². The lowest BCUT2D eigenvalue weighted by Gasteiger charge is -2.26. The molecular weight excluding hydrogens is 352 g/mol. The highest BCUT2D eigenvalue weighted by molar-refractivity contribution is 5.83. The van der Waals surface area contributed by atoms with Crippen LogP contribution in [0.4, 0.5) is 5.82 Å². The first-order valence-corrected chi connectivity index (χ1v) is 9.62. The van der Waals surface area contributed by atoms with E-state index in [4.69, 9.17) is 4.74 Å². The van der Waals surface area contributed by atoms with E-state index in [-0.39, 0.29) is 6.04 Å². The Labute approximate surface area is 163 Å². The molecule has 1 fully saturated rings. The van der Waals surface area contributed by atoms with Crippen molar-refractivity contribution in [1.82, 2.24) is 19.9 Å². The van der Waals surface area contributed by atoms with Crippen molar-refractivity contribution in [2.45, 2.75) is 32.4 Å². The van der Waals surface area contributed by atoms with Crippen LogP contribution in [0, 0.1) is 0 Å². The second kappa shape index (κ2) is 6.74. The average Bonchev–Trinajstić information content (AvgIpc) is 3.36. The summed E-state index contributed by atoms with van der Waals surface area (Å²) in [5.74, 6) is 1.85. The molecule has 142 valence electrons. The van der Waals surface area contributed by atoms with E-state index in [1.54, 1.807) is 12.7 Å². The van der Waals surface area contributed by atoms with Gasteiger partial charge in [0.05, 0.1) is 12.4 Å². The van der Waals surface area contributed by atoms with Gasteiger partial charge in [-0.05, 0) is 18.9 Å². The summed E-state index contributed by atoms with van der Waals surface area (Å²) < 4.78 is 8.33. The fraction of sp³-hybridized carbons (Fsp3) is 0.333. The largest absolute Gasteiger partial charge is 0.491 e. The van der Waals surface area contributed by atoms with E-state index in [9.17, 15) is 0 Å². The first-order valence-electron chi connectivity index (χ1n) is 9.62. The molecule has 4 heterocycles. The van der Waals surface area contributed by atoms with Gasteiger partial charge in [0.1, 0.15) is 30.9 Å². The molecule has 1 atom stereocenters. The number of imidazole rings is 1. The minimum absolute atomic E-state index is 0.273. The summed E-state index contributed by atoms with van der Waals surface area (Å²) in [5, 5.41) is 0. The number of nitrogens with zero attached hydrogens (tertiary/aromatic N) is 5. The second-order valence-corrected chi connectivity index (χ2v) is 7.41. The number of rotatable bonds is 4. The Balaban J connectivity index is 1.39. The monoisotopic (exact) mass is 375 g/mol. The summed E-state index contributed by atoms with van der Waals surface area (Å²) >= 11 is 0. The maximum absolute atomic E-state index is 6.32. The van der Waals surface area contributed by atoms with Gasteiger partial charge in [0.25, 0.3) is 0 Å². The zero-order chi connectivity index (χ0) is 19.1. The van der Waals surface area contributed by atoms with Crippen molar-refractivity contribution in [2.75, 3.05) is 18.1 Å². The number of benzene rings is 1. The molecule has 1 unspecified atom stereocenters. The molecule has 0 radical (unpaired) electrons. The number of hydrogen-bond donors (Lipinski definition) is 1. The molecule has 0 bridgehead atoms. The Kier molecular flexibility index (Phi) is 4.07. The molecule has 28 heavy (non-hydrogen) atoms. The summed E-state index contributed by atoms with van der Waals surface area (Å²) in [6, 6.07) is 6.52. The SMILES string of the molecule is C=[N+]1Cc2cccc(OCC3CCCN3c3ncnc4nc[nH]c34)c2C=C1C. The molecule has 1 N–H and O–H groups in total. The van der Waals surface area contributed by atoms with E-state index in [1.807, 2.05) is 4.58 Å². The van der Waals surface area contributed by atoms with Crippen molar-refractivity contribution in [3.63, 3.8) is 0 Å². The molecule has 7 nitrogen and oxygen atoms in total. The van der Waals surface area contributed by atoms with E-state index in [0.29, 0.717) is 12.3 Å². The van der Waals surface area contributed by atoms with Gasteiger partial charge in [-0.15, -0.1) is 0 Å². The van der Waals surface area contributed by atoms with Crippen LogP contribution in [-0.4, -0.2) is 50.4 Å². The highest BCUT2D eigenvalue weighted by Gasteiger charge is 2.29. The van der Waals surface area contributed by atoms with Gasteiger partial charge in [-0.3, -0.25) is 0 Å². The molecular formula is C21H23N6O+. The fourth-order valence-electron chi connectivity index (χ4n) is 4.09. The van der Waals surface area contributed by atoms with Crippen molar-refractivity contribution >= 4 is 29.8 Å². The first kappa shape index (κ1) is 16.9. The Morgan fingerprint density at radius 1 is 1.32 bits per heavy atom. The summed E-state index contributed by atoms with van der Waals surface area (Å²) in [6.07, 6.45) is 7.61. The molecule has 5 rings (SSSR count). The van der Waals surface area contributed by atoms with Crippen LogP contribution in [0.3, 0.4) is 0 Å². The third-order valence-electron chi connectivity index (χ3n) is 5.65. The van der Waals surface area contributed by atoms with Crippen molar-refractivity contribution < 1.29 is 9.31 Å². The molecule has 0 aliphatic carbocycles. The standard InChI is InChI=1S/C21H23N6O/c1-14-9-17-15(10-26(14)2)5-3-7-18(17)28-11-16-6-4-8-27(16)21-19-20(23-12-22-19)24-13-25-21/h3,5,7,9,12-13,16H,2,4,6,8,10-11H2,1H3,(H,22,23,24,25)/q+1. The van der Waals surface area contributed by atoms with Crippen LogP contribution in [0.1, 0.15) is 30.9 Å². The number of allylic oxidation sites excluding steroid dienone is 1. The van der Waals surface area contributed by atoms with Crippen LogP contribution >= 0.6 is 0 Å². The molecule has 2 aliphatic rings. The first-order chi connectivity index (χ1) is 13.7. The smallest absolute Gasteiger partial charge is 0.182 e. The van der Waals surface area contributed by atoms with Crippen LogP contribution in [-0.2, 0) is 6.54 Å². The predicted octanol–water partition coefficient (Wildman–Crippen LogP) is 2.99. The fourth-order valence-corrected chi connectivity index (χ4v) is 4.09. The van der Waals surface area contributed by atoms with E-state index >= 15 is 0 Å². The Morgan fingerprint density at radius 3 is 3.18 bits per heavy atom. The van der Waals surface area contributed by atoms with E-state index in [0.717, 1.165) is 48.7 Å². The summed E-state index contributed by atoms with van der Waals surface area (Å²) in [6.45, 7) is 8.55. The van der Waals surface area contributed by atoms with E-state index in [1.165, 1.54) is 11.1 Å². The van der Waals surface area contributed by atoms with Crippen LogP contribution in [0.2, 0.25) is 0 Å². The van der Waals surface area contributed by atoms with Gasteiger partial charge in [0.15, 0.2) is 23.7 Å². The Morgan fingerprint density at radius 2 is 2.25 bits per heavy atom. The maximum Gasteiger partial charge on any atom is 0.182 e. The Hall–Kier alpha value is -3.22. The van der Waals surface area contributed by atoms with Gasteiger partial charge < -0.3 is 14.6 Å². The van der Waals surface area contributed by atoms with Crippen LogP contribution in [0.15, 0.2) is 36.6 Å². The topological polar surface area (TPSA) is 69.9 Å². The quantitative estimate of drug-likeness (QED) is 0.710. The molecule has 1 saturated heterocycles. The number of hydrogen-bond acceptors (Lipinski definition) is 5. The molecule has 2 aliphatic heterocycles. The van der Waals surface area contributed by atoms with E-state index in [2.05, 4.69) is 62.8 Å². The lowest BCUT2D eigenvalue weighted by Crippen LogP contribution is -2.35. The number of fused-ring (bicyclic) bond motifs is 2. The van der Waals surface area contributed by atoms with E-state index < -0.39 is 0 Å². The van der Waals surface area contributed by atoms with Crippen molar-refractivity contribution in [3.05, 3.63) is 47.7 Å². The number of aromatic nitrogens is 4. The number of ether oxygens (including phenoxy) is 1. The van der Waals surface area contributed by atoms with Gasteiger partial charge in [-0.2, -0.15) is 0 Å². The minimum atomic E-state index is 0.273. The third-order valence-corrected chi connectivity index (χ3v) is 5.65. The van der Waals surface area contributed by atoms with Crippen LogP contribution in [0.5, 0.6) is 5.75 Å². The lowest BCUT2D eigenvalue weighted by atomic mass is 10.0. The van der Waals surface area contributed by atoms with Gasteiger partial charge in [0.2, 0.25) is 0 Å². The Bertz CT molecular complexity index is 1090. The maximum atomic E-state index is 6.32. The highest BCUT2D eigenvalue weighted by Crippen LogP contribution is 2.32. The summed E-state index contributed by atoms with van der Waals surface area (Å²) in [7, 11) is 0. The highest BCUT2D eigenvalue weighted by atomic mass is 16.5. The number of H-pyrrole nitrogens is 1. The summed E-state index contributed by atoms with van der Waals surface area (Å²) in [4.78, 5) is 18.5. The predicted molar refractivity (Wildman–Crippen MR) is 109 cm³/mol. The van der Waals surface area contributed by atoms with Crippen molar-refractivity contribution in [3.8, 4) is 5.75 Å². The minimum Gasteiger partial charge on any atom is -0.491 e. The molecule has 0 amide bonds. The second-order valence-electron chi connectivity index (χ2n) is 7.41. The lowest BCUT2D eigenvalue weighted by molar-refractivity contribution is -0.484. The van der Waals surface area contributed by atoms with Crippen molar-refractivity contribution in [1.29, 1.82) is 0 Å². The number of nitrogens with one attached hydrogen (secondary N) is 1. The zero-order valence-corrected chi connectivity index (χ0v) is 15.9. The molecule has 7 heteroatoms. The zero-order valence-electron chi connectivity index (χ0n) is 15.9. The third kappa shape index (κ3) is 2.83. The molecule has 0 spiro atoms. The summed E-state index contributed by atoms with van der Waals surface area (Å²) in [5.41, 5.74) is 5.15. The molecule has 0 saturated carbocycles. The molecule has 3 aromatic rings.